The summed E-state index contributed by atoms with van der Waals surface area (Å²) in [7, 11) is 0. The average Bonchev–Trinajstić information content (AvgIpc) is 3.43. The maximum atomic E-state index is 14.2. The number of hydrogen-bond donors (Lipinski definition) is 0. The Balaban J connectivity index is 1.10. The summed E-state index contributed by atoms with van der Waals surface area (Å²) in [5, 5.41) is 0.746. The van der Waals surface area contributed by atoms with Gasteiger partial charge in [-0.3, -0.25) is 4.99 Å². The third kappa shape index (κ3) is 4.98. The number of piperazine rings is 1. The highest BCUT2D eigenvalue weighted by atomic mass is 35.5. The Labute approximate surface area is 225 Å². The van der Waals surface area contributed by atoms with Crippen molar-refractivity contribution in [2.45, 2.75) is 18.9 Å². The van der Waals surface area contributed by atoms with Crippen LogP contribution in [0.5, 0.6) is 0 Å². The molecule has 3 aromatic carbocycles. The summed E-state index contributed by atoms with van der Waals surface area (Å²) >= 11 is 6.15. The van der Waals surface area contributed by atoms with Crippen molar-refractivity contribution in [1.82, 2.24) is 9.97 Å². The van der Waals surface area contributed by atoms with Crippen LogP contribution in [0.4, 0.5) is 20.4 Å². The molecule has 38 heavy (non-hydrogen) atoms. The van der Waals surface area contributed by atoms with E-state index in [1.807, 2.05) is 54.9 Å². The molecule has 0 amide bonds. The van der Waals surface area contributed by atoms with Crippen LogP contribution in [0.25, 0.3) is 11.1 Å². The van der Waals surface area contributed by atoms with Crippen LogP contribution in [0.2, 0.25) is 5.02 Å². The molecule has 192 valence electrons. The molecule has 2 aliphatic heterocycles. The second-order valence-electron chi connectivity index (χ2n) is 9.57. The van der Waals surface area contributed by atoms with Crippen molar-refractivity contribution in [1.29, 1.82) is 0 Å². The van der Waals surface area contributed by atoms with Gasteiger partial charge in [-0.25, -0.2) is 18.7 Å². The first-order valence-corrected chi connectivity index (χ1v) is 13.1. The molecule has 3 heterocycles. The summed E-state index contributed by atoms with van der Waals surface area (Å²) in [6.45, 7) is 3.42. The quantitative estimate of drug-likeness (QED) is 0.288. The summed E-state index contributed by atoms with van der Waals surface area (Å²) in [4.78, 5) is 18.4. The van der Waals surface area contributed by atoms with Crippen LogP contribution in [-0.2, 0) is 0 Å². The predicted molar refractivity (Wildman–Crippen MR) is 148 cm³/mol. The minimum Gasteiger partial charge on any atom is -0.368 e. The van der Waals surface area contributed by atoms with Gasteiger partial charge in [0, 0.05) is 60.6 Å². The summed E-state index contributed by atoms with van der Waals surface area (Å²) < 4.78 is 28.4. The highest BCUT2D eigenvalue weighted by Gasteiger charge is 2.24. The summed E-state index contributed by atoms with van der Waals surface area (Å²) in [5.74, 6) is -0.401. The molecule has 0 bridgehead atoms. The molecular weight excluding hydrogens is 504 g/mol. The number of hydrogen-bond acceptors (Lipinski definition) is 5. The van der Waals surface area contributed by atoms with Gasteiger partial charge in [-0.2, -0.15) is 0 Å². The van der Waals surface area contributed by atoms with Crippen LogP contribution in [0.1, 0.15) is 30.0 Å². The van der Waals surface area contributed by atoms with E-state index in [9.17, 15) is 8.78 Å². The van der Waals surface area contributed by atoms with E-state index in [1.165, 1.54) is 18.2 Å². The molecule has 1 unspecified atom stereocenters. The fraction of sp³-hybridized carbons (Fsp3) is 0.233. The maximum Gasteiger partial charge on any atom is 0.225 e. The first-order valence-electron chi connectivity index (χ1n) is 12.7. The second-order valence-corrected chi connectivity index (χ2v) is 10.0. The van der Waals surface area contributed by atoms with Crippen LogP contribution in [0.3, 0.4) is 0 Å². The van der Waals surface area contributed by atoms with Crippen molar-refractivity contribution in [3.63, 3.8) is 0 Å². The molecule has 5 nitrogen and oxygen atoms in total. The average molecular weight is 530 g/mol. The highest BCUT2D eigenvalue weighted by molar-refractivity contribution is 6.30. The smallest absolute Gasteiger partial charge is 0.225 e. The minimum atomic E-state index is -0.564. The van der Waals surface area contributed by atoms with E-state index < -0.39 is 11.6 Å². The van der Waals surface area contributed by atoms with Gasteiger partial charge >= 0.3 is 0 Å². The van der Waals surface area contributed by atoms with Gasteiger partial charge in [0.25, 0.3) is 0 Å². The van der Waals surface area contributed by atoms with Crippen molar-refractivity contribution in [2.24, 2.45) is 4.99 Å². The van der Waals surface area contributed by atoms with Crippen molar-refractivity contribution >= 4 is 28.9 Å². The standard InChI is InChI=1S/C30H26ClF2N5/c31-23-3-1-4-24(17-23)37-13-15-38(16-14-37)30-34-18-22(19-35-30)20-7-9-21(10-8-20)27-11-12-28(36-27)29-25(32)5-2-6-26(29)33/h1-10,17-19,27H,11-16H2. The largest absolute Gasteiger partial charge is 0.368 e. The number of nitrogens with zero attached hydrogens (tertiary/aromatic N) is 5. The maximum absolute atomic E-state index is 14.2. The second kappa shape index (κ2) is 10.5. The van der Waals surface area contributed by atoms with Crippen molar-refractivity contribution in [2.75, 3.05) is 36.0 Å². The monoisotopic (exact) mass is 529 g/mol. The lowest BCUT2D eigenvalue weighted by atomic mass is 10.0. The first kappa shape index (κ1) is 24.5. The fourth-order valence-electron chi connectivity index (χ4n) is 5.16. The Morgan fingerprint density at radius 2 is 1.42 bits per heavy atom. The number of benzene rings is 3. The van der Waals surface area contributed by atoms with Crippen LogP contribution < -0.4 is 9.80 Å². The zero-order chi connectivity index (χ0) is 26.1. The van der Waals surface area contributed by atoms with E-state index in [2.05, 4.69) is 30.8 Å². The van der Waals surface area contributed by atoms with E-state index in [-0.39, 0.29) is 11.6 Å². The third-order valence-corrected chi connectivity index (χ3v) is 7.46. The van der Waals surface area contributed by atoms with Gasteiger partial charge in [-0.05, 0) is 54.3 Å². The molecule has 0 N–H and O–H groups in total. The third-order valence-electron chi connectivity index (χ3n) is 7.22. The normalized spacial score (nSPS) is 17.6. The van der Waals surface area contributed by atoms with Crippen LogP contribution in [0, 0.1) is 11.6 Å². The van der Waals surface area contributed by atoms with Gasteiger partial charge in [-0.15, -0.1) is 0 Å². The van der Waals surface area contributed by atoms with Crippen LogP contribution >= 0.6 is 11.6 Å². The van der Waals surface area contributed by atoms with E-state index in [0.717, 1.165) is 65.9 Å². The Morgan fingerprint density at radius 3 is 2.11 bits per heavy atom. The Morgan fingerprint density at radius 1 is 0.763 bits per heavy atom. The molecule has 1 atom stereocenters. The van der Waals surface area contributed by atoms with Gasteiger partial charge in [0.1, 0.15) is 11.6 Å². The molecule has 1 fully saturated rings. The van der Waals surface area contributed by atoms with E-state index in [0.29, 0.717) is 12.1 Å². The van der Waals surface area contributed by atoms with E-state index >= 15 is 0 Å². The molecule has 0 spiro atoms. The lowest BCUT2D eigenvalue weighted by molar-refractivity contribution is 0.578. The number of halogens is 3. The van der Waals surface area contributed by atoms with E-state index in [4.69, 9.17) is 11.6 Å². The van der Waals surface area contributed by atoms with Gasteiger partial charge in [-0.1, -0.05) is 48.0 Å². The molecule has 8 heteroatoms. The summed E-state index contributed by atoms with van der Waals surface area (Å²) in [6.07, 6.45) is 4.98. The van der Waals surface area contributed by atoms with Crippen LogP contribution in [-0.4, -0.2) is 41.9 Å². The molecule has 4 aromatic rings. The molecule has 2 aliphatic rings. The van der Waals surface area contributed by atoms with Crippen molar-refractivity contribution in [3.05, 3.63) is 107 Å². The molecule has 1 aromatic heterocycles. The number of anilines is 2. The SMILES string of the molecule is Fc1cccc(F)c1C1=NC(c2ccc(-c3cnc(N4CCN(c5cccc(Cl)c5)CC4)nc3)cc2)CC1. The van der Waals surface area contributed by atoms with Crippen molar-refractivity contribution in [3.8, 4) is 11.1 Å². The Kier molecular flexibility index (Phi) is 6.77. The fourth-order valence-corrected chi connectivity index (χ4v) is 5.35. The zero-order valence-corrected chi connectivity index (χ0v) is 21.5. The van der Waals surface area contributed by atoms with Gasteiger partial charge < -0.3 is 9.80 Å². The topological polar surface area (TPSA) is 44.6 Å². The molecule has 0 saturated carbocycles. The van der Waals surface area contributed by atoms with Crippen molar-refractivity contribution < 1.29 is 8.78 Å². The number of aliphatic imine (C=N–C) groups is 1. The molecule has 1 saturated heterocycles. The number of aromatic nitrogens is 2. The summed E-state index contributed by atoms with van der Waals surface area (Å²) in [5.41, 5.74) is 4.59. The minimum absolute atomic E-state index is 0.00487. The Bertz CT molecular complexity index is 1440. The molecule has 0 aliphatic carbocycles. The van der Waals surface area contributed by atoms with Gasteiger partial charge in [0.2, 0.25) is 5.95 Å². The lowest BCUT2D eigenvalue weighted by Crippen LogP contribution is -2.47. The van der Waals surface area contributed by atoms with Crippen LogP contribution in [0.15, 0.2) is 84.1 Å². The Hall–Kier alpha value is -3.84. The highest BCUT2D eigenvalue weighted by Crippen LogP contribution is 2.33. The van der Waals surface area contributed by atoms with E-state index in [1.54, 1.807) is 0 Å². The first-order chi connectivity index (χ1) is 18.5. The molecule has 0 radical (unpaired) electrons. The lowest BCUT2D eigenvalue weighted by Gasteiger charge is -2.36. The molecular formula is C30H26ClF2N5. The zero-order valence-electron chi connectivity index (χ0n) is 20.7. The number of rotatable bonds is 5. The predicted octanol–water partition coefficient (Wildman–Crippen LogP) is 6.73. The van der Waals surface area contributed by atoms with Gasteiger partial charge in [0.05, 0.1) is 11.6 Å². The molecule has 6 rings (SSSR count). The summed E-state index contributed by atoms with van der Waals surface area (Å²) in [6, 6.07) is 19.8. The van der Waals surface area contributed by atoms with Gasteiger partial charge in [0.15, 0.2) is 0 Å².